The predicted octanol–water partition coefficient (Wildman–Crippen LogP) is 1.06. The van der Waals surface area contributed by atoms with Crippen molar-refractivity contribution in [2.75, 3.05) is 0 Å². The van der Waals surface area contributed by atoms with Gasteiger partial charge in [0.15, 0.2) is 17.3 Å². The minimum Gasteiger partial charge on any atom is -0.476 e. The van der Waals surface area contributed by atoms with Crippen molar-refractivity contribution in [2.24, 2.45) is 0 Å². The lowest BCUT2D eigenvalue weighted by atomic mass is 10.3. The SMILES string of the molecule is CCc1ncnc(-n2ccc(C(=O)O)n2)c1F. The molecule has 0 saturated carbocycles. The van der Waals surface area contributed by atoms with Crippen molar-refractivity contribution in [1.29, 1.82) is 0 Å². The summed E-state index contributed by atoms with van der Waals surface area (Å²) in [6.07, 6.45) is 2.99. The standard InChI is InChI=1S/C10H9FN4O2/c1-2-6-8(11)9(13-5-12-6)15-4-3-7(14-15)10(16)17/h3-5H,2H2,1H3,(H,16,17). The molecule has 0 aliphatic heterocycles. The van der Waals surface area contributed by atoms with Gasteiger partial charge in [-0.2, -0.15) is 5.10 Å². The Labute approximate surface area is 95.8 Å². The van der Waals surface area contributed by atoms with Crippen LogP contribution >= 0.6 is 0 Å². The van der Waals surface area contributed by atoms with Crippen LogP contribution in [0, 0.1) is 5.82 Å². The van der Waals surface area contributed by atoms with Crippen LogP contribution < -0.4 is 0 Å². The van der Waals surface area contributed by atoms with Crippen LogP contribution in [0.4, 0.5) is 4.39 Å². The summed E-state index contributed by atoms with van der Waals surface area (Å²) in [5.41, 5.74) is 0.100. The number of hydrogen-bond donors (Lipinski definition) is 1. The zero-order valence-corrected chi connectivity index (χ0v) is 8.96. The first kappa shape index (κ1) is 11.2. The van der Waals surface area contributed by atoms with Gasteiger partial charge in [0, 0.05) is 6.20 Å². The van der Waals surface area contributed by atoms with E-state index in [2.05, 4.69) is 15.1 Å². The lowest BCUT2D eigenvalue weighted by molar-refractivity contribution is 0.0690. The topological polar surface area (TPSA) is 80.9 Å². The van der Waals surface area contributed by atoms with Crippen molar-refractivity contribution >= 4 is 5.97 Å². The molecule has 7 heteroatoms. The largest absolute Gasteiger partial charge is 0.476 e. The molecule has 88 valence electrons. The molecule has 0 unspecified atom stereocenters. The molecule has 1 N–H and O–H groups in total. The molecule has 0 aromatic carbocycles. The van der Waals surface area contributed by atoms with E-state index < -0.39 is 11.8 Å². The van der Waals surface area contributed by atoms with Crippen LogP contribution in [0.2, 0.25) is 0 Å². The summed E-state index contributed by atoms with van der Waals surface area (Å²) in [4.78, 5) is 18.2. The highest BCUT2D eigenvalue weighted by Gasteiger charge is 2.14. The molecule has 0 spiro atoms. The predicted molar refractivity (Wildman–Crippen MR) is 55.4 cm³/mol. The fraction of sp³-hybridized carbons (Fsp3) is 0.200. The number of aryl methyl sites for hydroxylation is 1. The molecule has 6 nitrogen and oxygen atoms in total. The Morgan fingerprint density at radius 2 is 2.29 bits per heavy atom. The van der Waals surface area contributed by atoms with E-state index in [-0.39, 0.29) is 17.2 Å². The van der Waals surface area contributed by atoms with E-state index >= 15 is 0 Å². The summed E-state index contributed by atoms with van der Waals surface area (Å²) in [5, 5.41) is 12.4. The maximum Gasteiger partial charge on any atom is 0.356 e. The number of carboxylic acids is 1. The quantitative estimate of drug-likeness (QED) is 0.861. The molecular formula is C10H9FN4O2. The normalized spacial score (nSPS) is 10.5. The zero-order chi connectivity index (χ0) is 12.4. The van der Waals surface area contributed by atoms with Crippen molar-refractivity contribution < 1.29 is 14.3 Å². The molecular weight excluding hydrogens is 227 g/mol. The average molecular weight is 236 g/mol. The summed E-state index contributed by atoms with van der Waals surface area (Å²) >= 11 is 0. The first-order chi connectivity index (χ1) is 8.13. The molecule has 2 rings (SSSR count). The number of carbonyl (C=O) groups is 1. The highest BCUT2D eigenvalue weighted by molar-refractivity contribution is 5.85. The van der Waals surface area contributed by atoms with Gasteiger partial charge in [0.2, 0.25) is 0 Å². The number of rotatable bonds is 3. The van der Waals surface area contributed by atoms with Gasteiger partial charge < -0.3 is 5.11 Å². The molecule has 2 aromatic rings. The van der Waals surface area contributed by atoms with Gasteiger partial charge in [-0.1, -0.05) is 6.92 Å². The molecule has 0 fully saturated rings. The monoisotopic (exact) mass is 236 g/mol. The number of nitrogens with zero attached hydrogens (tertiary/aromatic N) is 4. The van der Waals surface area contributed by atoms with Crippen molar-refractivity contribution in [3.63, 3.8) is 0 Å². The van der Waals surface area contributed by atoms with Crippen LogP contribution in [0.15, 0.2) is 18.6 Å². The van der Waals surface area contributed by atoms with E-state index in [4.69, 9.17) is 5.11 Å². The molecule has 0 aliphatic rings. The smallest absolute Gasteiger partial charge is 0.356 e. The maximum atomic E-state index is 13.8. The Morgan fingerprint density at radius 3 is 2.88 bits per heavy atom. The summed E-state index contributed by atoms with van der Waals surface area (Å²) in [6.45, 7) is 1.76. The third-order valence-electron chi connectivity index (χ3n) is 2.20. The fourth-order valence-corrected chi connectivity index (χ4v) is 1.36. The van der Waals surface area contributed by atoms with Crippen molar-refractivity contribution in [3.05, 3.63) is 35.8 Å². The molecule has 0 aliphatic carbocycles. The third-order valence-corrected chi connectivity index (χ3v) is 2.20. The Hall–Kier alpha value is -2.31. The molecule has 17 heavy (non-hydrogen) atoms. The van der Waals surface area contributed by atoms with Gasteiger partial charge in [0.25, 0.3) is 0 Å². The number of aromatic nitrogens is 4. The van der Waals surface area contributed by atoms with E-state index in [1.54, 1.807) is 6.92 Å². The van der Waals surface area contributed by atoms with Gasteiger partial charge >= 0.3 is 5.97 Å². The molecule has 0 radical (unpaired) electrons. The number of carboxylic acid groups (broad SMARTS) is 1. The average Bonchev–Trinajstić information content (AvgIpc) is 2.78. The summed E-state index contributed by atoms with van der Waals surface area (Å²) in [5.74, 6) is -1.81. The molecule has 2 aromatic heterocycles. The van der Waals surface area contributed by atoms with Gasteiger partial charge in [0.1, 0.15) is 6.33 Å². The second-order valence-electron chi connectivity index (χ2n) is 3.26. The third kappa shape index (κ3) is 1.99. The van der Waals surface area contributed by atoms with Crippen LogP contribution in [0.5, 0.6) is 0 Å². The molecule has 2 heterocycles. The maximum absolute atomic E-state index is 13.8. The van der Waals surface area contributed by atoms with Gasteiger partial charge in [0.05, 0.1) is 5.69 Å². The molecule has 0 amide bonds. The highest BCUT2D eigenvalue weighted by atomic mass is 19.1. The summed E-state index contributed by atoms with van der Waals surface area (Å²) in [7, 11) is 0. The Kier molecular flexibility index (Phi) is 2.82. The first-order valence-corrected chi connectivity index (χ1v) is 4.92. The van der Waals surface area contributed by atoms with Crippen molar-refractivity contribution in [1.82, 2.24) is 19.7 Å². The van der Waals surface area contributed by atoms with Crippen molar-refractivity contribution in [2.45, 2.75) is 13.3 Å². The van der Waals surface area contributed by atoms with E-state index in [1.165, 1.54) is 18.6 Å². The Balaban J connectivity index is 2.49. The number of aromatic carboxylic acids is 1. The Bertz CT molecular complexity index is 567. The Morgan fingerprint density at radius 1 is 1.53 bits per heavy atom. The minimum atomic E-state index is -1.17. The van der Waals surface area contributed by atoms with Crippen LogP contribution in [0.1, 0.15) is 23.1 Å². The second-order valence-corrected chi connectivity index (χ2v) is 3.26. The van der Waals surface area contributed by atoms with E-state index in [9.17, 15) is 9.18 Å². The molecule has 0 bridgehead atoms. The number of halogens is 1. The van der Waals surface area contributed by atoms with Crippen LogP contribution in [0.25, 0.3) is 5.82 Å². The van der Waals surface area contributed by atoms with Gasteiger partial charge in [-0.3, -0.25) is 0 Å². The minimum absolute atomic E-state index is 0.0515. The van der Waals surface area contributed by atoms with Gasteiger partial charge in [-0.25, -0.2) is 23.8 Å². The van der Waals surface area contributed by atoms with Crippen molar-refractivity contribution in [3.8, 4) is 5.82 Å². The fourth-order valence-electron chi connectivity index (χ4n) is 1.36. The lowest BCUT2D eigenvalue weighted by Crippen LogP contribution is -2.07. The summed E-state index contributed by atoms with van der Waals surface area (Å²) in [6, 6.07) is 1.27. The van der Waals surface area contributed by atoms with E-state index in [0.717, 1.165) is 4.68 Å². The first-order valence-electron chi connectivity index (χ1n) is 4.92. The van der Waals surface area contributed by atoms with E-state index in [0.29, 0.717) is 6.42 Å². The van der Waals surface area contributed by atoms with Crippen LogP contribution in [-0.4, -0.2) is 30.8 Å². The zero-order valence-electron chi connectivity index (χ0n) is 8.96. The van der Waals surface area contributed by atoms with Gasteiger partial charge in [-0.15, -0.1) is 0 Å². The van der Waals surface area contributed by atoms with Crippen LogP contribution in [0.3, 0.4) is 0 Å². The lowest BCUT2D eigenvalue weighted by Gasteiger charge is -2.04. The van der Waals surface area contributed by atoms with E-state index in [1.807, 2.05) is 0 Å². The van der Waals surface area contributed by atoms with Gasteiger partial charge in [-0.05, 0) is 12.5 Å². The summed E-state index contributed by atoms with van der Waals surface area (Å²) < 4.78 is 14.9. The molecule has 0 saturated heterocycles. The highest BCUT2D eigenvalue weighted by Crippen LogP contribution is 2.12. The van der Waals surface area contributed by atoms with Crippen LogP contribution in [-0.2, 0) is 6.42 Å². The second kappa shape index (κ2) is 4.28. The number of hydrogen-bond acceptors (Lipinski definition) is 4. The molecule has 0 atom stereocenters.